The second kappa shape index (κ2) is 5.69. The van der Waals surface area contributed by atoms with Crippen molar-refractivity contribution in [1.82, 2.24) is 5.32 Å². The number of ether oxygens (including phenoxy) is 1. The molecule has 4 N–H and O–H groups in total. The van der Waals surface area contributed by atoms with Gasteiger partial charge in [-0.15, -0.1) is 0 Å². The number of Topliss-reactive ketones (excluding diaryl/α,β-unsaturated/α-hetero) is 1. The maximum atomic E-state index is 12.7. The molecule has 0 unspecified atom stereocenters. The average molecular weight is 365 g/mol. The number of rotatable bonds is 2. The molecule has 3 aliphatic carbocycles. The number of aliphatic hydroxyl groups is 1. The maximum absolute atomic E-state index is 12.7. The Labute approximate surface area is 150 Å². The number of carbonyl (C=O) groups excluding carboxylic acids is 2. The molecule has 0 saturated heterocycles. The van der Waals surface area contributed by atoms with Gasteiger partial charge in [0.15, 0.2) is 11.9 Å². The van der Waals surface area contributed by atoms with Gasteiger partial charge in [-0.25, -0.2) is 0 Å². The number of aliphatic hydroxyl groups excluding tert-OH is 1. The minimum absolute atomic E-state index is 0.0152. The van der Waals surface area contributed by atoms with E-state index in [4.69, 9.17) is 22.1 Å². The first-order valence-electron chi connectivity index (χ1n) is 8.59. The number of amides is 1. The number of hydrogen-bond acceptors (Lipinski definition) is 5. The monoisotopic (exact) mass is 364 g/mol. The summed E-state index contributed by atoms with van der Waals surface area (Å²) in [5.74, 6) is -0.0890. The molecule has 1 aliphatic heterocycles. The Morgan fingerprint density at radius 3 is 2.72 bits per heavy atom. The van der Waals surface area contributed by atoms with Crippen molar-refractivity contribution in [2.75, 3.05) is 0 Å². The fourth-order valence-electron chi connectivity index (χ4n) is 4.26. The number of hydrogen-bond donors (Lipinski definition) is 3. The molecule has 5 rings (SSSR count). The van der Waals surface area contributed by atoms with Crippen molar-refractivity contribution in [2.24, 2.45) is 5.73 Å². The van der Waals surface area contributed by atoms with Gasteiger partial charge in [0.25, 0.3) is 5.91 Å². The van der Waals surface area contributed by atoms with E-state index in [2.05, 4.69) is 5.32 Å². The summed E-state index contributed by atoms with van der Waals surface area (Å²) in [6, 6.07) is 4.80. The van der Waals surface area contributed by atoms with E-state index in [1.54, 1.807) is 18.2 Å². The zero-order valence-corrected chi connectivity index (χ0v) is 14.5. The van der Waals surface area contributed by atoms with Crippen LogP contribution in [0, 0.1) is 0 Å². The first kappa shape index (κ1) is 16.8. The second-order valence-electron chi connectivity index (χ2n) is 7.60. The predicted octanol–water partition coefficient (Wildman–Crippen LogP) is 1.56. The lowest BCUT2D eigenvalue weighted by Crippen LogP contribution is -2.69. The number of carbonyl (C=O) groups is 2. The molecule has 1 heterocycles. The van der Waals surface area contributed by atoms with E-state index >= 15 is 0 Å². The topological polar surface area (TPSA) is 102 Å². The minimum atomic E-state index is -0.862. The normalized spacial score (nSPS) is 36.5. The fourth-order valence-corrected chi connectivity index (χ4v) is 4.44. The number of fused-ring (bicyclic) bond motifs is 4. The summed E-state index contributed by atoms with van der Waals surface area (Å²) < 4.78 is 5.73. The van der Waals surface area contributed by atoms with Crippen molar-refractivity contribution in [3.8, 4) is 5.75 Å². The highest BCUT2D eigenvalue weighted by atomic mass is 35.5. The van der Waals surface area contributed by atoms with Crippen LogP contribution in [-0.2, 0) is 4.79 Å². The number of nitrogens with two attached hydrogens (primary N) is 1. The Balaban J connectivity index is 1.49. The molecule has 0 aromatic heterocycles. The van der Waals surface area contributed by atoms with Crippen molar-refractivity contribution in [1.29, 1.82) is 0 Å². The average Bonchev–Trinajstić information content (AvgIpc) is 2.57. The van der Waals surface area contributed by atoms with Crippen molar-refractivity contribution in [3.63, 3.8) is 0 Å². The van der Waals surface area contributed by atoms with Crippen molar-refractivity contribution in [3.05, 3.63) is 28.8 Å². The molecule has 1 aromatic carbocycles. The Bertz CT molecular complexity index is 743. The molecule has 1 amide bonds. The van der Waals surface area contributed by atoms with Gasteiger partial charge in [-0.3, -0.25) is 9.59 Å². The molecule has 1 aromatic rings. The first-order valence-corrected chi connectivity index (χ1v) is 8.97. The third-order valence-electron chi connectivity index (χ3n) is 5.95. The molecule has 2 bridgehead atoms. The van der Waals surface area contributed by atoms with E-state index in [-0.39, 0.29) is 18.1 Å². The molecular weight excluding hydrogens is 344 g/mol. The molecule has 0 spiro atoms. The Kier molecular flexibility index (Phi) is 3.83. The van der Waals surface area contributed by atoms with Gasteiger partial charge in [-0.1, -0.05) is 11.6 Å². The Hall–Kier alpha value is -1.63. The van der Waals surface area contributed by atoms with Gasteiger partial charge in [0.1, 0.15) is 5.75 Å². The van der Waals surface area contributed by atoms with E-state index in [1.807, 2.05) is 0 Å². The van der Waals surface area contributed by atoms with Gasteiger partial charge < -0.3 is 20.9 Å². The molecule has 134 valence electrons. The lowest BCUT2D eigenvalue weighted by atomic mass is 9.60. The van der Waals surface area contributed by atoms with E-state index in [0.29, 0.717) is 35.6 Å². The van der Waals surface area contributed by atoms with Crippen LogP contribution in [0.2, 0.25) is 5.02 Å². The van der Waals surface area contributed by atoms with Crippen LogP contribution in [0.5, 0.6) is 5.75 Å². The predicted molar refractivity (Wildman–Crippen MR) is 91.7 cm³/mol. The zero-order chi connectivity index (χ0) is 17.8. The minimum Gasteiger partial charge on any atom is -0.479 e. The van der Waals surface area contributed by atoms with E-state index in [0.717, 1.165) is 12.8 Å². The summed E-state index contributed by atoms with van der Waals surface area (Å²) in [5, 5.41) is 13.8. The highest BCUT2D eigenvalue weighted by molar-refractivity contribution is 6.31. The van der Waals surface area contributed by atoms with Crippen molar-refractivity contribution < 1.29 is 19.4 Å². The van der Waals surface area contributed by atoms with Gasteiger partial charge in [0.2, 0.25) is 0 Å². The summed E-state index contributed by atoms with van der Waals surface area (Å²) in [4.78, 5) is 25.1. The van der Waals surface area contributed by atoms with Gasteiger partial charge in [-0.2, -0.15) is 0 Å². The standard InChI is InChI=1S/C18H21ClN2O4/c19-10-1-2-13-11(7-10)12(22)8-14(25-13)16(24)21-17-3-5-18(20,6-4-17)15(23)9-17/h1-2,7,14-15,23H,3-6,8-9,20H2,(H,21,24)/t14-,15-,17?,18?/m0/s1. The van der Waals surface area contributed by atoms with Crippen LogP contribution >= 0.6 is 11.6 Å². The largest absolute Gasteiger partial charge is 0.479 e. The quantitative estimate of drug-likeness (QED) is 0.739. The molecular formula is C18H21ClN2O4. The summed E-state index contributed by atoms with van der Waals surface area (Å²) in [7, 11) is 0. The van der Waals surface area contributed by atoms with Crippen molar-refractivity contribution >= 4 is 23.3 Å². The molecule has 7 heteroatoms. The van der Waals surface area contributed by atoms with Crippen LogP contribution in [-0.4, -0.2) is 40.1 Å². The lowest BCUT2D eigenvalue weighted by molar-refractivity contribution is -0.134. The third kappa shape index (κ3) is 2.82. The molecule has 3 saturated carbocycles. The van der Waals surface area contributed by atoms with Crippen LogP contribution in [0.1, 0.15) is 48.9 Å². The highest BCUT2D eigenvalue weighted by Gasteiger charge is 2.53. The van der Waals surface area contributed by atoms with E-state index in [9.17, 15) is 14.7 Å². The number of benzene rings is 1. The number of ketones is 1. The highest BCUT2D eigenvalue weighted by Crippen LogP contribution is 2.45. The second-order valence-corrected chi connectivity index (χ2v) is 8.03. The van der Waals surface area contributed by atoms with Crippen LogP contribution in [0.25, 0.3) is 0 Å². The number of halogens is 1. The summed E-state index contributed by atoms with van der Waals surface area (Å²) in [6.45, 7) is 0. The van der Waals surface area contributed by atoms with Crippen LogP contribution in [0.3, 0.4) is 0 Å². The zero-order valence-electron chi connectivity index (χ0n) is 13.8. The Morgan fingerprint density at radius 1 is 1.32 bits per heavy atom. The molecule has 2 atom stereocenters. The summed E-state index contributed by atoms with van der Waals surface area (Å²) >= 11 is 5.92. The summed E-state index contributed by atoms with van der Waals surface area (Å²) in [5.41, 5.74) is 5.64. The van der Waals surface area contributed by atoms with Gasteiger partial charge in [0.05, 0.1) is 18.1 Å². The van der Waals surface area contributed by atoms with E-state index in [1.165, 1.54) is 0 Å². The van der Waals surface area contributed by atoms with Crippen molar-refractivity contribution in [2.45, 2.75) is 61.8 Å². The Morgan fingerprint density at radius 2 is 2.04 bits per heavy atom. The maximum Gasteiger partial charge on any atom is 0.261 e. The van der Waals surface area contributed by atoms with Gasteiger partial charge in [0, 0.05) is 16.1 Å². The molecule has 3 fully saturated rings. The summed E-state index contributed by atoms with van der Waals surface area (Å²) in [6.07, 6.45) is 1.78. The number of nitrogens with one attached hydrogen (secondary N) is 1. The smallest absolute Gasteiger partial charge is 0.261 e. The van der Waals surface area contributed by atoms with Crippen LogP contribution in [0.15, 0.2) is 18.2 Å². The molecule has 0 radical (unpaired) electrons. The third-order valence-corrected chi connectivity index (χ3v) is 6.18. The SMILES string of the molecule is NC12CCC(NC(=O)[C@@H]3CC(=O)c4cc(Cl)ccc4O3)(CC1)C[C@@H]2O. The molecule has 6 nitrogen and oxygen atoms in total. The van der Waals surface area contributed by atoms with Crippen LogP contribution in [0.4, 0.5) is 0 Å². The molecule has 4 aliphatic rings. The fraction of sp³-hybridized carbons (Fsp3) is 0.556. The van der Waals surface area contributed by atoms with E-state index < -0.39 is 23.3 Å². The molecule has 25 heavy (non-hydrogen) atoms. The first-order chi connectivity index (χ1) is 11.8. The van der Waals surface area contributed by atoms with Gasteiger partial charge in [-0.05, 0) is 50.3 Å². The lowest BCUT2D eigenvalue weighted by Gasteiger charge is -2.54. The van der Waals surface area contributed by atoms with Crippen LogP contribution < -0.4 is 15.8 Å². The van der Waals surface area contributed by atoms with Gasteiger partial charge >= 0.3 is 0 Å².